The molecule has 0 aliphatic rings. The van der Waals surface area contributed by atoms with E-state index < -0.39 is 0 Å². The first-order valence-electron chi connectivity index (χ1n) is 5.21. The van der Waals surface area contributed by atoms with E-state index in [2.05, 4.69) is 18.8 Å². The van der Waals surface area contributed by atoms with Gasteiger partial charge in [0.25, 0.3) is 0 Å². The van der Waals surface area contributed by atoms with Gasteiger partial charge in [0.05, 0.1) is 11.2 Å². The smallest absolute Gasteiger partial charge is 0.150 e. The van der Waals surface area contributed by atoms with Crippen molar-refractivity contribution in [3.8, 4) is 11.3 Å². The maximum absolute atomic E-state index is 10.6. The predicted octanol–water partition coefficient (Wildman–Crippen LogP) is 3.75. The van der Waals surface area contributed by atoms with Crippen molar-refractivity contribution in [2.75, 3.05) is 0 Å². The maximum atomic E-state index is 10.6. The van der Waals surface area contributed by atoms with Gasteiger partial charge in [-0.3, -0.25) is 4.79 Å². The third-order valence-corrected chi connectivity index (χ3v) is 3.57. The second kappa shape index (κ2) is 4.58. The molecular formula is C13H13NOS. The number of thiazole rings is 1. The molecule has 3 heteroatoms. The van der Waals surface area contributed by atoms with Crippen molar-refractivity contribution in [3.05, 3.63) is 40.2 Å². The summed E-state index contributed by atoms with van der Waals surface area (Å²) in [6.07, 6.45) is 0.855. The first-order valence-corrected chi connectivity index (χ1v) is 6.09. The van der Waals surface area contributed by atoms with Gasteiger partial charge in [0.1, 0.15) is 6.29 Å². The van der Waals surface area contributed by atoms with Crippen LogP contribution in [0.4, 0.5) is 0 Å². The molecule has 0 N–H and O–H groups in total. The van der Waals surface area contributed by atoms with E-state index in [0.717, 1.165) is 17.5 Å². The van der Waals surface area contributed by atoms with Gasteiger partial charge in [-0.1, -0.05) is 38.1 Å². The van der Waals surface area contributed by atoms with E-state index in [1.54, 1.807) is 11.3 Å². The van der Waals surface area contributed by atoms with E-state index in [4.69, 9.17) is 0 Å². The third-order valence-electron chi connectivity index (χ3n) is 2.44. The highest BCUT2D eigenvalue weighted by Crippen LogP contribution is 2.31. The molecule has 2 aromatic rings. The van der Waals surface area contributed by atoms with Gasteiger partial charge in [-0.15, -0.1) is 11.3 Å². The average molecular weight is 231 g/mol. The van der Waals surface area contributed by atoms with Crippen LogP contribution in [0.1, 0.15) is 35.0 Å². The fourth-order valence-corrected chi connectivity index (χ4v) is 2.43. The quantitative estimate of drug-likeness (QED) is 0.753. The maximum Gasteiger partial charge on any atom is 0.150 e. The lowest BCUT2D eigenvalue weighted by molar-refractivity contribution is 0.112. The van der Waals surface area contributed by atoms with Crippen LogP contribution in [-0.2, 0) is 0 Å². The molecule has 0 atom stereocenters. The summed E-state index contributed by atoms with van der Waals surface area (Å²) < 4.78 is 0. The zero-order valence-electron chi connectivity index (χ0n) is 9.31. The molecule has 0 amide bonds. The molecule has 0 saturated heterocycles. The van der Waals surface area contributed by atoms with Crippen molar-refractivity contribution >= 4 is 17.6 Å². The van der Waals surface area contributed by atoms with E-state index in [-0.39, 0.29) is 0 Å². The number of aldehydes is 1. The summed E-state index contributed by atoms with van der Waals surface area (Å²) in [5.41, 5.74) is 4.69. The number of benzene rings is 1. The normalized spacial score (nSPS) is 10.7. The predicted molar refractivity (Wildman–Crippen MR) is 67.0 cm³/mol. The molecule has 0 fully saturated rings. The number of carbonyl (C=O) groups is 1. The minimum Gasteiger partial charge on any atom is -0.298 e. The zero-order chi connectivity index (χ0) is 11.5. The van der Waals surface area contributed by atoms with Crippen molar-refractivity contribution in [1.29, 1.82) is 0 Å². The standard InChI is InChI=1S/C13H13NOS/c1-9(2)13-12(14-8-16-13)11-5-3-10(7-15)4-6-11/h3-9H,1-2H3. The largest absolute Gasteiger partial charge is 0.298 e. The van der Waals surface area contributed by atoms with E-state index in [1.165, 1.54) is 4.88 Å². The van der Waals surface area contributed by atoms with Gasteiger partial charge in [-0.25, -0.2) is 4.98 Å². The van der Waals surface area contributed by atoms with E-state index in [0.29, 0.717) is 11.5 Å². The Hall–Kier alpha value is -1.48. The summed E-state index contributed by atoms with van der Waals surface area (Å²) in [5, 5.41) is 0. The number of carbonyl (C=O) groups excluding carboxylic acids is 1. The molecule has 0 aliphatic carbocycles. The van der Waals surface area contributed by atoms with Crippen LogP contribution in [0.5, 0.6) is 0 Å². The SMILES string of the molecule is CC(C)c1scnc1-c1ccc(C=O)cc1. The Labute approximate surface area is 99.0 Å². The van der Waals surface area contributed by atoms with Crippen LogP contribution in [0.3, 0.4) is 0 Å². The van der Waals surface area contributed by atoms with Crippen molar-refractivity contribution in [1.82, 2.24) is 4.98 Å². The molecule has 1 heterocycles. The molecule has 16 heavy (non-hydrogen) atoms. The van der Waals surface area contributed by atoms with Crippen molar-refractivity contribution in [2.45, 2.75) is 19.8 Å². The summed E-state index contributed by atoms with van der Waals surface area (Å²) in [5.74, 6) is 0.480. The summed E-state index contributed by atoms with van der Waals surface area (Å²) in [7, 11) is 0. The van der Waals surface area contributed by atoms with Crippen LogP contribution in [0.25, 0.3) is 11.3 Å². The molecule has 82 valence electrons. The fraction of sp³-hybridized carbons (Fsp3) is 0.231. The molecule has 2 nitrogen and oxygen atoms in total. The average Bonchev–Trinajstić information content (AvgIpc) is 2.78. The van der Waals surface area contributed by atoms with E-state index in [9.17, 15) is 4.79 Å². The van der Waals surface area contributed by atoms with Crippen LogP contribution in [-0.4, -0.2) is 11.3 Å². The number of hydrogen-bond acceptors (Lipinski definition) is 3. The zero-order valence-corrected chi connectivity index (χ0v) is 10.1. The Balaban J connectivity index is 2.42. The second-order valence-corrected chi connectivity index (χ2v) is 4.85. The van der Waals surface area contributed by atoms with Gasteiger partial charge >= 0.3 is 0 Å². The lowest BCUT2D eigenvalue weighted by Gasteiger charge is -2.05. The number of nitrogens with zero attached hydrogens (tertiary/aromatic N) is 1. The summed E-state index contributed by atoms with van der Waals surface area (Å²) in [6, 6.07) is 7.55. The van der Waals surface area contributed by atoms with Crippen LogP contribution in [0, 0.1) is 0 Å². The number of hydrogen-bond donors (Lipinski definition) is 0. The Kier molecular flexibility index (Phi) is 3.15. The van der Waals surface area contributed by atoms with E-state index >= 15 is 0 Å². The molecule has 0 spiro atoms. The molecular weight excluding hydrogens is 218 g/mol. The first-order chi connectivity index (χ1) is 7.72. The molecule has 1 aromatic carbocycles. The monoisotopic (exact) mass is 231 g/mol. The van der Waals surface area contributed by atoms with Gasteiger partial charge < -0.3 is 0 Å². The molecule has 0 radical (unpaired) electrons. The lowest BCUT2D eigenvalue weighted by atomic mass is 10.0. The van der Waals surface area contributed by atoms with E-state index in [1.807, 2.05) is 29.8 Å². The van der Waals surface area contributed by atoms with Gasteiger partial charge in [0, 0.05) is 16.0 Å². The minimum atomic E-state index is 0.480. The van der Waals surface area contributed by atoms with Gasteiger partial charge in [-0.2, -0.15) is 0 Å². The van der Waals surface area contributed by atoms with Crippen molar-refractivity contribution in [2.24, 2.45) is 0 Å². The Morgan fingerprint density at radius 2 is 1.94 bits per heavy atom. The summed E-state index contributed by atoms with van der Waals surface area (Å²) in [6.45, 7) is 4.33. The van der Waals surface area contributed by atoms with Gasteiger partial charge in [-0.05, 0) is 5.92 Å². The fourth-order valence-electron chi connectivity index (χ4n) is 1.60. The summed E-state index contributed by atoms with van der Waals surface area (Å²) >= 11 is 1.68. The van der Waals surface area contributed by atoms with Crippen LogP contribution in [0.15, 0.2) is 29.8 Å². The van der Waals surface area contributed by atoms with Crippen molar-refractivity contribution < 1.29 is 4.79 Å². The van der Waals surface area contributed by atoms with Crippen LogP contribution < -0.4 is 0 Å². The number of aromatic nitrogens is 1. The molecule has 0 unspecified atom stereocenters. The van der Waals surface area contributed by atoms with Crippen LogP contribution >= 0.6 is 11.3 Å². The molecule has 1 aromatic heterocycles. The third kappa shape index (κ3) is 2.04. The highest BCUT2D eigenvalue weighted by atomic mass is 32.1. The highest BCUT2D eigenvalue weighted by molar-refractivity contribution is 7.10. The Bertz CT molecular complexity index is 485. The molecule has 0 aliphatic heterocycles. The second-order valence-electron chi connectivity index (χ2n) is 3.96. The van der Waals surface area contributed by atoms with Gasteiger partial charge in [0.15, 0.2) is 0 Å². The lowest BCUT2D eigenvalue weighted by Crippen LogP contribution is -1.88. The topological polar surface area (TPSA) is 30.0 Å². The molecule has 0 bridgehead atoms. The van der Waals surface area contributed by atoms with Crippen molar-refractivity contribution in [3.63, 3.8) is 0 Å². The molecule has 2 rings (SSSR count). The number of rotatable bonds is 3. The van der Waals surface area contributed by atoms with Gasteiger partial charge in [0.2, 0.25) is 0 Å². The Morgan fingerprint density at radius 1 is 1.25 bits per heavy atom. The highest BCUT2D eigenvalue weighted by Gasteiger charge is 2.11. The first kappa shape index (κ1) is 11.0. The Morgan fingerprint density at radius 3 is 2.50 bits per heavy atom. The molecule has 0 saturated carbocycles. The summed E-state index contributed by atoms with van der Waals surface area (Å²) in [4.78, 5) is 16.2. The van der Waals surface area contributed by atoms with Crippen LogP contribution in [0.2, 0.25) is 0 Å². The minimum absolute atomic E-state index is 0.480.